The first-order valence-electron chi connectivity index (χ1n) is 7.58. The second-order valence-corrected chi connectivity index (χ2v) is 7.20. The van der Waals surface area contributed by atoms with Crippen LogP contribution in [0.25, 0.3) is 0 Å². The fourth-order valence-electron chi connectivity index (χ4n) is 2.83. The summed E-state index contributed by atoms with van der Waals surface area (Å²) in [5.41, 5.74) is 0.312. The first-order chi connectivity index (χ1) is 9.83. The van der Waals surface area contributed by atoms with Crippen LogP contribution in [0.15, 0.2) is 16.8 Å². The summed E-state index contributed by atoms with van der Waals surface area (Å²) in [6.07, 6.45) is 0.714. The number of hydrogen-bond acceptors (Lipinski definition) is 4. The molecular formula is C16H26N2O2S. The van der Waals surface area contributed by atoms with E-state index in [9.17, 15) is 4.79 Å². The van der Waals surface area contributed by atoms with E-state index >= 15 is 0 Å². The average Bonchev–Trinajstić information content (AvgIpc) is 3.01. The van der Waals surface area contributed by atoms with Gasteiger partial charge in [0.05, 0.1) is 17.7 Å². The molecule has 0 aromatic carbocycles. The number of rotatable bonds is 6. The first kappa shape index (κ1) is 16.5. The molecule has 0 aliphatic carbocycles. The fourth-order valence-corrected chi connectivity index (χ4v) is 3.51. The summed E-state index contributed by atoms with van der Waals surface area (Å²) in [6, 6.07) is 2.08. The number of carbonyl (C=O) groups is 1. The van der Waals surface area contributed by atoms with Crippen molar-refractivity contribution in [3.8, 4) is 0 Å². The molecule has 1 N–H and O–H groups in total. The average molecular weight is 310 g/mol. The molecule has 1 aromatic heterocycles. The number of hydrogen-bond donors (Lipinski definition) is 1. The number of amides is 1. The summed E-state index contributed by atoms with van der Waals surface area (Å²) in [4.78, 5) is 14.8. The summed E-state index contributed by atoms with van der Waals surface area (Å²) in [5, 5.41) is 7.67. The van der Waals surface area contributed by atoms with Gasteiger partial charge in [-0.3, -0.25) is 10.1 Å². The maximum Gasteiger partial charge on any atom is 0.244 e. The lowest BCUT2D eigenvalue weighted by molar-refractivity contribution is -0.137. The van der Waals surface area contributed by atoms with E-state index in [1.807, 2.05) is 39.5 Å². The van der Waals surface area contributed by atoms with E-state index in [0.29, 0.717) is 13.2 Å². The molecule has 1 fully saturated rings. The molecule has 2 atom stereocenters. The molecule has 0 bridgehead atoms. The molecular weight excluding hydrogens is 284 g/mol. The van der Waals surface area contributed by atoms with Gasteiger partial charge in [-0.25, -0.2) is 0 Å². The van der Waals surface area contributed by atoms with Gasteiger partial charge in [0.15, 0.2) is 0 Å². The molecule has 4 nitrogen and oxygen atoms in total. The fraction of sp³-hybridized carbons (Fsp3) is 0.688. The van der Waals surface area contributed by atoms with Gasteiger partial charge in [-0.15, -0.1) is 0 Å². The van der Waals surface area contributed by atoms with E-state index in [4.69, 9.17) is 4.74 Å². The van der Waals surface area contributed by atoms with Gasteiger partial charge in [0.1, 0.15) is 6.17 Å². The van der Waals surface area contributed by atoms with Crippen LogP contribution < -0.4 is 5.32 Å². The number of nitrogens with one attached hydrogen (secondary N) is 1. The predicted octanol–water partition coefficient (Wildman–Crippen LogP) is 3.16. The lowest BCUT2D eigenvalue weighted by atomic mass is 9.99. The van der Waals surface area contributed by atoms with E-state index < -0.39 is 5.54 Å². The van der Waals surface area contributed by atoms with Crippen LogP contribution in [0, 0.1) is 0 Å². The van der Waals surface area contributed by atoms with Crippen LogP contribution in [0.4, 0.5) is 0 Å². The van der Waals surface area contributed by atoms with Crippen molar-refractivity contribution in [3.05, 3.63) is 22.4 Å². The third kappa shape index (κ3) is 3.30. The zero-order valence-electron chi connectivity index (χ0n) is 13.6. The standard InChI is InChI=1S/C16H26N2O2S/c1-6-16(5)14(19)18(11-15(3,4)20-7-2)13(17-16)12-8-9-21-10-12/h8-10,13,17H,6-7,11H2,1-5H3. The van der Waals surface area contributed by atoms with E-state index in [1.165, 1.54) is 0 Å². The van der Waals surface area contributed by atoms with Gasteiger partial charge in [0, 0.05) is 6.61 Å². The minimum Gasteiger partial charge on any atom is -0.374 e. The minimum atomic E-state index is -0.491. The van der Waals surface area contributed by atoms with Crippen molar-refractivity contribution < 1.29 is 9.53 Å². The van der Waals surface area contributed by atoms with Crippen LogP contribution in [0.5, 0.6) is 0 Å². The molecule has 2 unspecified atom stereocenters. The van der Waals surface area contributed by atoms with Crippen molar-refractivity contribution in [2.24, 2.45) is 0 Å². The second kappa shape index (κ2) is 6.07. The summed E-state index contributed by atoms with van der Waals surface area (Å²) < 4.78 is 5.79. The van der Waals surface area contributed by atoms with Crippen molar-refractivity contribution in [2.75, 3.05) is 13.2 Å². The molecule has 5 heteroatoms. The maximum atomic E-state index is 12.9. The highest BCUT2D eigenvalue weighted by molar-refractivity contribution is 7.07. The molecule has 1 amide bonds. The predicted molar refractivity (Wildman–Crippen MR) is 86.3 cm³/mol. The minimum absolute atomic E-state index is 0.0616. The molecule has 1 aliphatic heterocycles. The molecule has 0 radical (unpaired) electrons. The first-order valence-corrected chi connectivity index (χ1v) is 8.52. The molecule has 2 heterocycles. The van der Waals surface area contributed by atoms with Gasteiger partial charge in [0.25, 0.3) is 0 Å². The highest BCUT2D eigenvalue weighted by Gasteiger charge is 2.48. The number of carbonyl (C=O) groups excluding carboxylic acids is 1. The van der Waals surface area contributed by atoms with Crippen molar-refractivity contribution in [1.29, 1.82) is 0 Å². The van der Waals surface area contributed by atoms with E-state index in [2.05, 4.69) is 22.1 Å². The Hall–Kier alpha value is -0.910. The molecule has 0 saturated carbocycles. The van der Waals surface area contributed by atoms with Crippen molar-refractivity contribution in [1.82, 2.24) is 10.2 Å². The summed E-state index contributed by atoms with van der Waals surface area (Å²) in [7, 11) is 0. The molecule has 2 rings (SSSR count). The molecule has 1 saturated heterocycles. The van der Waals surface area contributed by atoms with Gasteiger partial charge in [0.2, 0.25) is 5.91 Å². The Balaban J connectivity index is 2.28. The van der Waals surface area contributed by atoms with Crippen LogP contribution in [-0.4, -0.2) is 35.1 Å². The molecule has 1 aliphatic rings. The van der Waals surface area contributed by atoms with Gasteiger partial charge < -0.3 is 9.64 Å². The lowest BCUT2D eigenvalue weighted by Gasteiger charge is -2.33. The highest BCUT2D eigenvalue weighted by atomic mass is 32.1. The number of thiophene rings is 1. The van der Waals surface area contributed by atoms with Crippen LogP contribution in [-0.2, 0) is 9.53 Å². The number of nitrogens with zero attached hydrogens (tertiary/aromatic N) is 1. The monoisotopic (exact) mass is 310 g/mol. The molecule has 0 spiro atoms. The molecule has 118 valence electrons. The topological polar surface area (TPSA) is 41.6 Å². The summed E-state index contributed by atoms with van der Waals surface area (Å²) in [6.45, 7) is 11.3. The number of ether oxygens (including phenoxy) is 1. The Morgan fingerprint density at radius 2 is 2.19 bits per heavy atom. The van der Waals surface area contributed by atoms with Crippen LogP contribution in [0.3, 0.4) is 0 Å². The summed E-state index contributed by atoms with van der Waals surface area (Å²) in [5.74, 6) is 0.161. The summed E-state index contributed by atoms with van der Waals surface area (Å²) >= 11 is 1.66. The maximum absolute atomic E-state index is 12.9. The Morgan fingerprint density at radius 3 is 2.71 bits per heavy atom. The third-order valence-electron chi connectivity index (χ3n) is 4.15. The van der Waals surface area contributed by atoms with Crippen molar-refractivity contribution in [3.63, 3.8) is 0 Å². The second-order valence-electron chi connectivity index (χ2n) is 6.41. The largest absolute Gasteiger partial charge is 0.374 e. The highest BCUT2D eigenvalue weighted by Crippen LogP contribution is 2.34. The van der Waals surface area contributed by atoms with Gasteiger partial charge in [-0.2, -0.15) is 11.3 Å². The lowest BCUT2D eigenvalue weighted by Crippen LogP contribution is -2.46. The van der Waals surface area contributed by atoms with Crippen LogP contribution >= 0.6 is 11.3 Å². The molecule has 21 heavy (non-hydrogen) atoms. The van der Waals surface area contributed by atoms with E-state index in [0.717, 1.165) is 12.0 Å². The zero-order chi connectivity index (χ0) is 15.7. The van der Waals surface area contributed by atoms with Crippen molar-refractivity contribution >= 4 is 17.2 Å². The Bertz CT molecular complexity index is 486. The van der Waals surface area contributed by atoms with Crippen LogP contribution in [0.2, 0.25) is 0 Å². The smallest absolute Gasteiger partial charge is 0.244 e. The SMILES string of the molecule is CCOC(C)(C)CN1C(=O)C(C)(CC)NC1c1ccsc1. The quantitative estimate of drug-likeness (QED) is 0.877. The Morgan fingerprint density at radius 1 is 1.48 bits per heavy atom. The normalized spacial score (nSPS) is 26.6. The third-order valence-corrected chi connectivity index (χ3v) is 4.85. The van der Waals surface area contributed by atoms with Gasteiger partial charge in [-0.05, 0) is 56.5 Å². The van der Waals surface area contributed by atoms with Gasteiger partial charge in [-0.1, -0.05) is 6.92 Å². The van der Waals surface area contributed by atoms with E-state index in [-0.39, 0.29) is 17.7 Å². The Labute approximate surface area is 131 Å². The zero-order valence-corrected chi connectivity index (χ0v) is 14.4. The Kier molecular flexibility index (Phi) is 4.76. The van der Waals surface area contributed by atoms with Crippen molar-refractivity contribution in [2.45, 2.75) is 58.3 Å². The molecule has 1 aromatic rings. The van der Waals surface area contributed by atoms with E-state index in [1.54, 1.807) is 11.3 Å². The van der Waals surface area contributed by atoms with Crippen LogP contribution in [0.1, 0.15) is 52.8 Å². The van der Waals surface area contributed by atoms with Gasteiger partial charge >= 0.3 is 0 Å².